The van der Waals surface area contributed by atoms with Crippen LogP contribution in [0.2, 0.25) is 0 Å². The molecule has 3 aromatic rings. The van der Waals surface area contributed by atoms with Crippen molar-refractivity contribution in [2.24, 2.45) is 40.9 Å². The van der Waals surface area contributed by atoms with Crippen LogP contribution in [0.25, 0.3) is 16.7 Å². The number of rotatable bonds is 13. The van der Waals surface area contributed by atoms with E-state index in [1.807, 2.05) is 32.9 Å². The second-order valence-corrected chi connectivity index (χ2v) is 32.4. The third kappa shape index (κ3) is 19.6. The molecule has 0 aromatic carbocycles. The predicted octanol–water partition coefficient (Wildman–Crippen LogP) is 14.5. The number of nitrogens with one attached hydrogen (secondary N) is 1. The Hall–Kier alpha value is -4.41. The molecule has 15 nitrogen and oxygen atoms in total. The molecule has 3 aliphatic carbocycles. The van der Waals surface area contributed by atoms with Crippen LogP contribution < -0.4 is 5.32 Å². The third-order valence-electron chi connectivity index (χ3n) is 17.8. The van der Waals surface area contributed by atoms with E-state index >= 15 is 0 Å². The number of halogens is 2. The fraction of sp³-hybridized carbons (Fsp3) is 0.603. The minimum atomic E-state index is -0.476. The zero-order chi connectivity index (χ0) is 64.0. The van der Waals surface area contributed by atoms with Gasteiger partial charge in [-0.2, -0.15) is 0 Å². The van der Waals surface area contributed by atoms with Crippen LogP contribution in [-0.2, 0) is 42.9 Å². The summed E-state index contributed by atoms with van der Waals surface area (Å²) in [7, 11) is 4.25. The zero-order valence-electron chi connectivity index (χ0n) is 53.2. The zero-order valence-corrected chi connectivity index (χ0v) is 60.0. The van der Waals surface area contributed by atoms with Crippen molar-refractivity contribution >= 4 is 138 Å². The van der Waals surface area contributed by atoms with Gasteiger partial charge >= 0.3 is 29.8 Å². The summed E-state index contributed by atoms with van der Waals surface area (Å²) in [5.41, 5.74) is 10.4. The normalized spacial score (nSPS) is 22.4. The maximum atomic E-state index is 12.8. The minimum absolute atomic E-state index is 0.163. The summed E-state index contributed by atoms with van der Waals surface area (Å²) in [5, 5.41) is 3.50. The first kappa shape index (κ1) is 71.0. The molecule has 9 rings (SSSR count). The predicted molar refractivity (Wildman–Crippen MR) is 366 cm³/mol. The average molecular weight is 1490 g/mol. The number of hydrogen-bond acceptors (Lipinski definition) is 16. The fourth-order valence-electron chi connectivity index (χ4n) is 13.0. The first-order valence-electron chi connectivity index (χ1n) is 31.1. The molecule has 0 bridgehead atoms. The van der Waals surface area contributed by atoms with Crippen molar-refractivity contribution in [3.05, 3.63) is 76.9 Å². The highest BCUT2D eigenvalue weighted by molar-refractivity contribution is 14.1. The molecule has 88 heavy (non-hydrogen) atoms. The molecule has 3 fully saturated rings. The first-order valence-corrected chi connectivity index (χ1v) is 35.7. The number of amides is 2. The summed E-state index contributed by atoms with van der Waals surface area (Å²) in [4.78, 5) is 91.3. The van der Waals surface area contributed by atoms with Gasteiger partial charge in [0.15, 0.2) is 13.2 Å². The molecule has 3 aliphatic heterocycles. The molecule has 0 atom stereocenters. The summed E-state index contributed by atoms with van der Waals surface area (Å²) < 4.78 is 27.2. The number of thiophene rings is 3. The summed E-state index contributed by atoms with van der Waals surface area (Å²) >= 11 is 8.83. The number of ether oxygens (including phenoxy) is 5. The van der Waals surface area contributed by atoms with Crippen LogP contribution in [0.4, 0.5) is 0 Å². The highest BCUT2D eigenvalue weighted by Gasteiger charge is 2.36. The van der Waals surface area contributed by atoms with Gasteiger partial charge < -0.3 is 38.8 Å². The van der Waals surface area contributed by atoms with Gasteiger partial charge in [0.1, 0.15) is 14.6 Å². The number of carbonyl (C=O) groups is 7. The van der Waals surface area contributed by atoms with Gasteiger partial charge in [-0.25, -0.2) is 14.4 Å². The molecule has 3 saturated carbocycles. The Kier molecular flexibility index (Phi) is 26.8. The number of hydrogen-bond donors (Lipinski definition) is 1. The van der Waals surface area contributed by atoms with Crippen molar-refractivity contribution in [2.75, 3.05) is 73.8 Å². The maximum absolute atomic E-state index is 12.8. The standard InChI is InChI=1S/C28H37NO5S.C22H28INO5S.C18H24INO2S/c1-18-7-9-20(10-8-18)22-12-14-29(25(31)17-34-19(2)30)16-24(22)23-15-21(11-13-28(3,4)5)35-26(23)27(32)33-6;1-13-4-6-15(7-5-13)16-8-9-24(20(26)12-29-14(2)25)11-18(16)17-10-19(23)30-21(17)22(27)28-3;1-11-3-5-12(6-4-11)13-7-8-20-10-15(13)14-9-16(19)23-17(14)18(21)22-2/h15,18,20H,7-10,12,14,16-17H2,1-6H3;10,13,15H,4-9,11-12H2,1-3H3;9,11-12,20H,3-8,10H2,1-2H3. The maximum Gasteiger partial charge on any atom is 0.348 e. The SMILES string of the molecule is COC(=O)c1sc(C#CC(C)(C)C)cc1C1=C(C2CCC(C)CC2)CCN(C(=O)COC(C)=O)C1.COC(=O)c1sc(I)cc1C1=C(C2CCC(C)CC2)CCN(C(=O)COC(C)=O)C1.COC(=O)c1sc(I)cc1C1=C(C2CCC(C)CC2)CCNC1. The molecular formula is C68H89I2N3O12S3. The molecule has 20 heteroatoms. The number of nitrogens with zero attached hydrogens (tertiary/aromatic N) is 2. The molecule has 6 heterocycles. The average Bonchev–Trinajstić information content (AvgIpc) is 2.26. The van der Waals surface area contributed by atoms with Crippen LogP contribution in [-0.4, -0.2) is 125 Å². The van der Waals surface area contributed by atoms with Gasteiger partial charge in [0, 0.05) is 68.7 Å². The van der Waals surface area contributed by atoms with E-state index in [0.29, 0.717) is 53.7 Å². The molecule has 2 amide bonds. The second-order valence-electron chi connectivity index (χ2n) is 25.4. The molecule has 480 valence electrons. The van der Waals surface area contributed by atoms with E-state index in [1.54, 1.807) is 15.4 Å². The number of esters is 5. The van der Waals surface area contributed by atoms with Crippen molar-refractivity contribution in [1.82, 2.24) is 15.1 Å². The monoisotopic (exact) mass is 1490 g/mol. The molecule has 0 spiro atoms. The molecule has 3 aromatic heterocycles. The van der Waals surface area contributed by atoms with Crippen LogP contribution in [0, 0.1) is 58.5 Å². The van der Waals surface area contributed by atoms with Crippen LogP contribution in [0.15, 0.2) is 34.9 Å². The lowest BCUT2D eigenvalue weighted by Gasteiger charge is -2.36. The third-order valence-corrected chi connectivity index (χ3v) is 22.6. The highest BCUT2D eigenvalue weighted by atomic mass is 127. The van der Waals surface area contributed by atoms with Crippen LogP contribution in [0.1, 0.15) is 202 Å². The topological polar surface area (TPSA) is 184 Å². The van der Waals surface area contributed by atoms with Crippen LogP contribution >= 0.6 is 79.2 Å². The second kappa shape index (κ2) is 33.2. The molecule has 6 aliphatic rings. The van der Waals surface area contributed by atoms with E-state index in [1.165, 1.54) is 137 Å². The van der Waals surface area contributed by atoms with Gasteiger partial charge in [0.25, 0.3) is 11.8 Å². The largest absolute Gasteiger partial charge is 0.465 e. The lowest BCUT2D eigenvalue weighted by molar-refractivity contribution is -0.150. The van der Waals surface area contributed by atoms with Crippen molar-refractivity contribution in [2.45, 2.75) is 152 Å². The Labute approximate surface area is 560 Å². The van der Waals surface area contributed by atoms with Gasteiger partial charge in [0.05, 0.1) is 32.0 Å². The van der Waals surface area contributed by atoms with Gasteiger partial charge in [-0.05, 0) is 201 Å². The molecule has 0 unspecified atom stereocenters. The van der Waals surface area contributed by atoms with Crippen molar-refractivity contribution in [3.63, 3.8) is 0 Å². The Balaban J connectivity index is 0.000000192. The van der Waals surface area contributed by atoms with Gasteiger partial charge in [0.2, 0.25) is 0 Å². The number of methoxy groups -OCH3 is 3. The summed E-state index contributed by atoms with van der Waals surface area (Å²) in [6, 6.07) is 6.17. The van der Waals surface area contributed by atoms with Crippen molar-refractivity contribution in [1.29, 1.82) is 0 Å². The summed E-state index contributed by atoms with van der Waals surface area (Å²) in [6.45, 7) is 19.1. The van der Waals surface area contributed by atoms with E-state index < -0.39 is 11.9 Å². The smallest absolute Gasteiger partial charge is 0.348 e. The number of carbonyl (C=O) groups excluding carboxylic acids is 7. The van der Waals surface area contributed by atoms with Crippen LogP contribution in [0.3, 0.4) is 0 Å². The van der Waals surface area contributed by atoms with Gasteiger partial charge in [-0.1, -0.05) is 87.9 Å². The lowest BCUT2D eigenvalue weighted by Crippen LogP contribution is -2.40. The Bertz CT molecular complexity index is 3180. The molecule has 0 saturated heterocycles. The van der Waals surface area contributed by atoms with Crippen molar-refractivity contribution < 1.29 is 57.2 Å². The van der Waals surface area contributed by atoms with Gasteiger partial charge in [-0.3, -0.25) is 19.2 Å². The Morgan fingerprint density at radius 1 is 0.545 bits per heavy atom. The minimum Gasteiger partial charge on any atom is -0.465 e. The van der Waals surface area contributed by atoms with Crippen LogP contribution in [0.5, 0.6) is 0 Å². The summed E-state index contributed by atoms with van der Waals surface area (Å²) in [5.74, 6) is 8.16. The van der Waals surface area contributed by atoms with E-state index in [9.17, 15) is 33.6 Å². The highest BCUT2D eigenvalue weighted by Crippen LogP contribution is 2.46. The molecule has 1 N–H and O–H groups in total. The van der Waals surface area contributed by atoms with E-state index in [0.717, 1.165) is 119 Å². The van der Waals surface area contributed by atoms with E-state index in [2.05, 4.69) is 89.2 Å². The quantitative estimate of drug-likeness (QED) is 0.0739. The first-order chi connectivity index (χ1) is 41.9. The Morgan fingerprint density at radius 2 is 0.909 bits per heavy atom. The molecular weight excluding hydrogens is 1400 g/mol. The molecule has 0 radical (unpaired) electrons. The van der Waals surface area contributed by atoms with E-state index in [-0.39, 0.29) is 48.4 Å². The Morgan fingerprint density at radius 3 is 1.28 bits per heavy atom. The van der Waals surface area contributed by atoms with Crippen molar-refractivity contribution in [3.8, 4) is 11.8 Å². The van der Waals surface area contributed by atoms with E-state index in [4.69, 9.17) is 23.7 Å². The fourth-order valence-corrected chi connectivity index (χ4v) is 17.5. The summed E-state index contributed by atoms with van der Waals surface area (Å²) in [6.07, 6.45) is 17.2. The lowest BCUT2D eigenvalue weighted by atomic mass is 9.75. The van der Waals surface area contributed by atoms with Gasteiger partial charge in [-0.15, -0.1) is 34.0 Å².